The van der Waals surface area contributed by atoms with Gasteiger partial charge in [0.15, 0.2) is 0 Å². The van der Waals surface area contributed by atoms with Crippen LogP contribution in [0.4, 0.5) is 4.79 Å². The standard InChI is InChI=1S/C14H25N3O3/c1-9(16-13(18)19-14(4,5)6)7-15-8-12-10(2)17-20-11(12)3/h9,15H,7-8H2,1-6H3,(H,16,18). The van der Waals surface area contributed by atoms with Crippen molar-refractivity contribution in [3.63, 3.8) is 0 Å². The predicted molar refractivity (Wildman–Crippen MR) is 76.5 cm³/mol. The maximum Gasteiger partial charge on any atom is 0.407 e. The summed E-state index contributed by atoms with van der Waals surface area (Å²) >= 11 is 0. The molecule has 1 rings (SSSR count). The van der Waals surface area contributed by atoms with Crippen LogP contribution in [0.5, 0.6) is 0 Å². The Labute approximate surface area is 120 Å². The molecule has 1 atom stereocenters. The van der Waals surface area contributed by atoms with E-state index in [0.717, 1.165) is 17.0 Å². The minimum Gasteiger partial charge on any atom is -0.444 e. The highest BCUT2D eigenvalue weighted by atomic mass is 16.6. The fourth-order valence-corrected chi connectivity index (χ4v) is 1.73. The molecule has 114 valence electrons. The van der Waals surface area contributed by atoms with Gasteiger partial charge in [-0.2, -0.15) is 0 Å². The quantitative estimate of drug-likeness (QED) is 0.867. The first-order valence-electron chi connectivity index (χ1n) is 6.81. The molecule has 2 N–H and O–H groups in total. The molecule has 0 fully saturated rings. The van der Waals surface area contributed by atoms with Crippen molar-refractivity contribution in [2.75, 3.05) is 6.54 Å². The van der Waals surface area contributed by atoms with Crippen LogP contribution in [0.2, 0.25) is 0 Å². The minimum atomic E-state index is -0.478. The molecule has 1 aromatic heterocycles. The van der Waals surface area contributed by atoms with Gasteiger partial charge >= 0.3 is 6.09 Å². The summed E-state index contributed by atoms with van der Waals surface area (Å²) in [5.41, 5.74) is 1.48. The van der Waals surface area contributed by atoms with Crippen molar-refractivity contribution >= 4 is 6.09 Å². The van der Waals surface area contributed by atoms with Crippen LogP contribution in [0.15, 0.2) is 4.52 Å². The van der Waals surface area contributed by atoms with Gasteiger partial charge in [-0.05, 0) is 41.5 Å². The summed E-state index contributed by atoms with van der Waals surface area (Å²) < 4.78 is 10.3. The predicted octanol–water partition coefficient (Wildman–Crippen LogP) is 2.29. The van der Waals surface area contributed by atoms with E-state index in [2.05, 4.69) is 15.8 Å². The van der Waals surface area contributed by atoms with Crippen LogP contribution in [0.25, 0.3) is 0 Å². The van der Waals surface area contributed by atoms with Crippen LogP contribution in [-0.2, 0) is 11.3 Å². The zero-order valence-electron chi connectivity index (χ0n) is 13.2. The van der Waals surface area contributed by atoms with Gasteiger partial charge in [0.05, 0.1) is 5.69 Å². The topological polar surface area (TPSA) is 76.4 Å². The largest absolute Gasteiger partial charge is 0.444 e. The third-order valence-corrected chi connectivity index (χ3v) is 2.70. The van der Waals surface area contributed by atoms with E-state index in [-0.39, 0.29) is 6.04 Å². The molecule has 0 aliphatic carbocycles. The molecule has 0 saturated heterocycles. The third kappa shape index (κ3) is 5.61. The fraction of sp³-hybridized carbons (Fsp3) is 0.714. The summed E-state index contributed by atoms with van der Waals surface area (Å²) in [5.74, 6) is 0.822. The maximum absolute atomic E-state index is 11.6. The summed E-state index contributed by atoms with van der Waals surface area (Å²) in [5, 5.41) is 9.95. The Kier molecular flexibility index (Phi) is 5.56. The number of aryl methyl sites for hydroxylation is 2. The van der Waals surface area contributed by atoms with Gasteiger partial charge in [-0.3, -0.25) is 0 Å². The lowest BCUT2D eigenvalue weighted by atomic mass is 10.2. The number of aromatic nitrogens is 1. The van der Waals surface area contributed by atoms with Gasteiger partial charge in [-0.25, -0.2) is 4.79 Å². The van der Waals surface area contributed by atoms with E-state index in [9.17, 15) is 4.79 Å². The van der Waals surface area contributed by atoms with E-state index in [0.29, 0.717) is 13.1 Å². The molecule has 1 unspecified atom stereocenters. The van der Waals surface area contributed by atoms with Crippen molar-refractivity contribution in [2.24, 2.45) is 0 Å². The summed E-state index contributed by atoms with van der Waals surface area (Å²) in [6, 6.07) is -0.0228. The Morgan fingerprint density at radius 3 is 2.55 bits per heavy atom. The first kappa shape index (κ1) is 16.5. The molecule has 1 heterocycles. The number of nitrogens with zero attached hydrogens (tertiary/aromatic N) is 1. The Balaban J connectivity index is 2.30. The lowest BCUT2D eigenvalue weighted by Crippen LogP contribution is -2.42. The average Bonchev–Trinajstić information content (AvgIpc) is 2.57. The van der Waals surface area contributed by atoms with Gasteiger partial charge in [0.25, 0.3) is 0 Å². The number of nitrogens with one attached hydrogen (secondary N) is 2. The lowest BCUT2D eigenvalue weighted by Gasteiger charge is -2.22. The fourth-order valence-electron chi connectivity index (χ4n) is 1.73. The van der Waals surface area contributed by atoms with Gasteiger partial charge in [-0.1, -0.05) is 5.16 Å². The van der Waals surface area contributed by atoms with Gasteiger partial charge in [0, 0.05) is 24.7 Å². The number of rotatable bonds is 5. The van der Waals surface area contributed by atoms with Crippen molar-refractivity contribution in [1.29, 1.82) is 0 Å². The molecule has 0 aliphatic rings. The molecule has 0 spiro atoms. The number of carbonyl (C=O) groups excluding carboxylic acids is 1. The minimum absolute atomic E-state index is 0.0228. The molecule has 0 aromatic carbocycles. The lowest BCUT2D eigenvalue weighted by molar-refractivity contribution is 0.0508. The highest BCUT2D eigenvalue weighted by molar-refractivity contribution is 5.68. The Morgan fingerprint density at radius 1 is 1.40 bits per heavy atom. The van der Waals surface area contributed by atoms with E-state index in [1.807, 2.05) is 41.5 Å². The summed E-state index contributed by atoms with van der Waals surface area (Å²) in [7, 11) is 0. The van der Waals surface area contributed by atoms with Crippen LogP contribution in [-0.4, -0.2) is 29.4 Å². The summed E-state index contributed by atoms with van der Waals surface area (Å²) in [4.78, 5) is 11.6. The van der Waals surface area contributed by atoms with E-state index in [4.69, 9.17) is 9.26 Å². The number of hydrogen-bond donors (Lipinski definition) is 2. The zero-order chi connectivity index (χ0) is 15.3. The molecule has 1 amide bonds. The Bertz CT molecular complexity index is 430. The number of amides is 1. The molecule has 0 saturated carbocycles. The molecular formula is C14H25N3O3. The van der Waals surface area contributed by atoms with Crippen molar-refractivity contribution in [1.82, 2.24) is 15.8 Å². The van der Waals surface area contributed by atoms with Crippen LogP contribution in [0.1, 0.15) is 44.7 Å². The van der Waals surface area contributed by atoms with E-state index >= 15 is 0 Å². The third-order valence-electron chi connectivity index (χ3n) is 2.70. The summed E-state index contributed by atoms with van der Waals surface area (Å²) in [6.45, 7) is 12.6. The molecule has 1 aromatic rings. The first-order chi connectivity index (χ1) is 9.19. The zero-order valence-corrected chi connectivity index (χ0v) is 13.2. The molecule has 6 nitrogen and oxygen atoms in total. The van der Waals surface area contributed by atoms with Gasteiger partial charge in [-0.15, -0.1) is 0 Å². The number of carbonyl (C=O) groups is 1. The SMILES string of the molecule is Cc1noc(C)c1CNCC(C)NC(=O)OC(C)(C)C. The average molecular weight is 283 g/mol. The molecular weight excluding hydrogens is 258 g/mol. The van der Waals surface area contributed by atoms with Gasteiger partial charge in [0.1, 0.15) is 11.4 Å². The number of ether oxygens (including phenoxy) is 1. The Morgan fingerprint density at radius 2 is 2.05 bits per heavy atom. The van der Waals surface area contributed by atoms with E-state index < -0.39 is 11.7 Å². The highest BCUT2D eigenvalue weighted by Gasteiger charge is 2.17. The molecule has 0 bridgehead atoms. The monoisotopic (exact) mass is 283 g/mol. The number of alkyl carbamates (subject to hydrolysis) is 1. The van der Waals surface area contributed by atoms with Crippen LogP contribution in [0, 0.1) is 13.8 Å². The molecule has 0 radical (unpaired) electrons. The van der Waals surface area contributed by atoms with Gasteiger partial charge < -0.3 is 19.9 Å². The van der Waals surface area contributed by atoms with Crippen LogP contribution in [0.3, 0.4) is 0 Å². The highest BCUT2D eigenvalue weighted by Crippen LogP contribution is 2.11. The molecule has 20 heavy (non-hydrogen) atoms. The van der Waals surface area contributed by atoms with Crippen molar-refractivity contribution in [3.05, 3.63) is 17.0 Å². The second-order valence-corrected chi connectivity index (χ2v) is 5.98. The number of hydrogen-bond acceptors (Lipinski definition) is 5. The summed E-state index contributed by atoms with van der Waals surface area (Å²) in [6.07, 6.45) is -0.399. The van der Waals surface area contributed by atoms with E-state index in [1.54, 1.807) is 0 Å². The van der Waals surface area contributed by atoms with E-state index in [1.165, 1.54) is 0 Å². The normalized spacial score (nSPS) is 13.1. The van der Waals surface area contributed by atoms with Gasteiger partial charge in [0.2, 0.25) is 0 Å². The smallest absolute Gasteiger partial charge is 0.407 e. The van der Waals surface area contributed by atoms with Crippen molar-refractivity contribution in [3.8, 4) is 0 Å². The van der Waals surface area contributed by atoms with Crippen molar-refractivity contribution in [2.45, 2.75) is 59.7 Å². The second-order valence-electron chi connectivity index (χ2n) is 5.98. The first-order valence-corrected chi connectivity index (χ1v) is 6.81. The van der Waals surface area contributed by atoms with Crippen molar-refractivity contribution < 1.29 is 14.1 Å². The van der Waals surface area contributed by atoms with Crippen LogP contribution < -0.4 is 10.6 Å². The second kappa shape index (κ2) is 6.74. The molecule has 0 aliphatic heterocycles. The Hall–Kier alpha value is -1.56. The maximum atomic E-state index is 11.6. The molecule has 6 heteroatoms. The van der Waals surface area contributed by atoms with Crippen LogP contribution >= 0.6 is 0 Å².